The average Bonchev–Trinajstić information content (AvgIpc) is 3.12. The van der Waals surface area contributed by atoms with E-state index in [9.17, 15) is 4.79 Å². The van der Waals surface area contributed by atoms with E-state index in [1.54, 1.807) is 12.1 Å². The molecule has 1 atom stereocenters. The van der Waals surface area contributed by atoms with E-state index in [-0.39, 0.29) is 12.6 Å². The van der Waals surface area contributed by atoms with Crippen molar-refractivity contribution in [3.63, 3.8) is 0 Å². The number of fused-ring (bicyclic) bond motifs is 1. The van der Waals surface area contributed by atoms with Gasteiger partial charge in [-0.1, -0.05) is 23.3 Å². The lowest BCUT2D eigenvalue weighted by Crippen LogP contribution is -2.40. The molecule has 1 N–H and O–H groups in total. The van der Waals surface area contributed by atoms with Crippen LogP contribution in [-0.2, 0) is 4.79 Å². The SMILES string of the molecule is Cc1ccc(-c2nnc(NC(=O)[C@@H]3COc4ccccc4O3)o2)cc1C. The van der Waals surface area contributed by atoms with Crippen LogP contribution in [0.3, 0.4) is 0 Å². The second-order valence-electron chi connectivity index (χ2n) is 6.06. The Labute approximate surface area is 150 Å². The van der Waals surface area contributed by atoms with E-state index in [0.29, 0.717) is 17.4 Å². The number of carbonyl (C=O) groups is 1. The molecule has 0 saturated heterocycles. The summed E-state index contributed by atoms with van der Waals surface area (Å²) in [6, 6.07) is 13.1. The molecule has 0 fully saturated rings. The van der Waals surface area contributed by atoms with Crippen LogP contribution in [0.15, 0.2) is 46.9 Å². The zero-order chi connectivity index (χ0) is 18.1. The van der Waals surface area contributed by atoms with E-state index >= 15 is 0 Å². The van der Waals surface area contributed by atoms with Gasteiger partial charge in [0.2, 0.25) is 12.0 Å². The Morgan fingerprint density at radius 1 is 1.08 bits per heavy atom. The number of aromatic nitrogens is 2. The number of hydrogen-bond donors (Lipinski definition) is 1. The van der Waals surface area contributed by atoms with Gasteiger partial charge in [-0.05, 0) is 49.2 Å². The lowest BCUT2D eigenvalue weighted by molar-refractivity contribution is -0.125. The van der Waals surface area contributed by atoms with Gasteiger partial charge in [0.05, 0.1) is 0 Å². The quantitative estimate of drug-likeness (QED) is 0.780. The first-order valence-electron chi connectivity index (χ1n) is 8.20. The number of hydrogen-bond acceptors (Lipinski definition) is 6. The van der Waals surface area contributed by atoms with Crippen molar-refractivity contribution in [2.75, 3.05) is 11.9 Å². The minimum atomic E-state index is -0.790. The molecule has 3 aromatic rings. The van der Waals surface area contributed by atoms with Gasteiger partial charge in [-0.15, -0.1) is 5.10 Å². The van der Waals surface area contributed by atoms with E-state index < -0.39 is 12.0 Å². The molecule has 7 heteroatoms. The summed E-state index contributed by atoms with van der Waals surface area (Å²) in [6.07, 6.45) is -0.790. The Morgan fingerprint density at radius 2 is 1.88 bits per heavy atom. The van der Waals surface area contributed by atoms with Gasteiger partial charge in [0.25, 0.3) is 5.91 Å². The van der Waals surface area contributed by atoms with Crippen LogP contribution < -0.4 is 14.8 Å². The molecule has 1 amide bonds. The highest BCUT2D eigenvalue weighted by atomic mass is 16.6. The number of amides is 1. The molecule has 2 aromatic carbocycles. The van der Waals surface area contributed by atoms with E-state index in [0.717, 1.165) is 11.1 Å². The van der Waals surface area contributed by atoms with Crippen molar-refractivity contribution in [3.05, 3.63) is 53.6 Å². The molecular formula is C19H17N3O4. The fourth-order valence-corrected chi connectivity index (χ4v) is 2.60. The third kappa shape index (κ3) is 3.11. The number of nitrogens with zero attached hydrogens (tertiary/aromatic N) is 2. The Hall–Kier alpha value is -3.35. The van der Waals surface area contributed by atoms with Gasteiger partial charge in [0, 0.05) is 5.56 Å². The number of anilines is 1. The van der Waals surface area contributed by atoms with E-state index in [1.165, 1.54) is 5.56 Å². The lowest BCUT2D eigenvalue weighted by Gasteiger charge is -2.24. The van der Waals surface area contributed by atoms with Crippen LogP contribution in [0.25, 0.3) is 11.5 Å². The molecule has 0 unspecified atom stereocenters. The highest BCUT2D eigenvalue weighted by Gasteiger charge is 2.28. The molecule has 26 heavy (non-hydrogen) atoms. The van der Waals surface area contributed by atoms with Crippen LogP contribution in [0.4, 0.5) is 6.01 Å². The highest BCUT2D eigenvalue weighted by Crippen LogP contribution is 2.31. The minimum Gasteiger partial charge on any atom is -0.485 e. The molecule has 0 bridgehead atoms. The van der Waals surface area contributed by atoms with Crippen molar-refractivity contribution < 1.29 is 18.7 Å². The van der Waals surface area contributed by atoms with Gasteiger partial charge in [-0.25, -0.2) is 0 Å². The first-order valence-corrected chi connectivity index (χ1v) is 8.20. The highest BCUT2D eigenvalue weighted by molar-refractivity contribution is 5.93. The molecule has 0 saturated carbocycles. The average molecular weight is 351 g/mol. The summed E-state index contributed by atoms with van der Waals surface area (Å²) in [6.45, 7) is 4.15. The van der Waals surface area contributed by atoms with E-state index in [1.807, 2.05) is 44.2 Å². The van der Waals surface area contributed by atoms with E-state index in [4.69, 9.17) is 13.9 Å². The third-order valence-corrected chi connectivity index (χ3v) is 4.21. The molecule has 1 aliphatic rings. The Bertz CT molecular complexity index is 967. The second kappa shape index (κ2) is 6.51. The number of rotatable bonds is 3. The van der Waals surface area contributed by atoms with Gasteiger partial charge in [0.1, 0.15) is 6.61 Å². The van der Waals surface area contributed by atoms with E-state index in [2.05, 4.69) is 15.5 Å². The first-order chi connectivity index (χ1) is 12.6. The minimum absolute atomic E-state index is 0.0192. The standard InChI is InChI=1S/C19H17N3O4/c1-11-7-8-13(9-12(11)2)18-21-22-19(26-18)20-17(23)16-10-24-14-5-3-4-6-15(14)25-16/h3-9,16H,10H2,1-2H3,(H,20,22,23)/t16-/m0/s1. The third-order valence-electron chi connectivity index (χ3n) is 4.21. The fourth-order valence-electron chi connectivity index (χ4n) is 2.60. The summed E-state index contributed by atoms with van der Waals surface area (Å²) in [5, 5.41) is 10.4. The maximum atomic E-state index is 12.4. The Kier molecular flexibility index (Phi) is 4.04. The predicted octanol–water partition coefficient (Wildman–Crippen LogP) is 3.13. The van der Waals surface area contributed by atoms with Crippen LogP contribution in [-0.4, -0.2) is 28.8 Å². The summed E-state index contributed by atoms with van der Waals surface area (Å²) in [5.41, 5.74) is 3.10. The molecule has 0 spiro atoms. The molecule has 7 nitrogen and oxygen atoms in total. The van der Waals surface area contributed by atoms with Crippen molar-refractivity contribution in [3.8, 4) is 23.0 Å². The summed E-state index contributed by atoms with van der Waals surface area (Å²) >= 11 is 0. The van der Waals surface area contributed by atoms with Crippen LogP contribution in [0.2, 0.25) is 0 Å². The van der Waals surface area contributed by atoms with Crippen molar-refractivity contribution in [2.45, 2.75) is 20.0 Å². The molecule has 132 valence electrons. The molecule has 1 aliphatic heterocycles. The normalized spacial score (nSPS) is 15.5. The summed E-state index contributed by atoms with van der Waals surface area (Å²) in [7, 11) is 0. The monoisotopic (exact) mass is 351 g/mol. The smallest absolute Gasteiger partial charge is 0.322 e. The Balaban J connectivity index is 1.46. The predicted molar refractivity (Wildman–Crippen MR) is 94.2 cm³/mol. The van der Waals surface area contributed by atoms with Gasteiger partial charge >= 0.3 is 6.01 Å². The topological polar surface area (TPSA) is 86.5 Å². The second-order valence-corrected chi connectivity index (χ2v) is 6.06. The zero-order valence-electron chi connectivity index (χ0n) is 14.4. The van der Waals surface area contributed by atoms with Gasteiger partial charge in [0.15, 0.2) is 11.5 Å². The number of para-hydroxylation sites is 2. The van der Waals surface area contributed by atoms with Crippen molar-refractivity contribution >= 4 is 11.9 Å². The number of benzene rings is 2. The molecule has 2 heterocycles. The Morgan fingerprint density at radius 3 is 2.69 bits per heavy atom. The summed E-state index contributed by atoms with van der Waals surface area (Å²) in [4.78, 5) is 12.4. The molecule has 1 aromatic heterocycles. The number of ether oxygens (including phenoxy) is 2. The van der Waals surface area contributed by atoms with Gasteiger partial charge in [-0.3, -0.25) is 10.1 Å². The fraction of sp³-hybridized carbons (Fsp3) is 0.211. The van der Waals surface area contributed by atoms with Crippen LogP contribution in [0.1, 0.15) is 11.1 Å². The van der Waals surface area contributed by atoms with Crippen LogP contribution in [0.5, 0.6) is 11.5 Å². The zero-order valence-corrected chi connectivity index (χ0v) is 14.4. The lowest BCUT2D eigenvalue weighted by atomic mass is 10.1. The van der Waals surface area contributed by atoms with Gasteiger partial charge in [-0.2, -0.15) is 0 Å². The van der Waals surface area contributed by atoms with Crippen molar-refractivity contribution in [1.82, 2.24) is 10.2 Å². The number of carbonyl (C=O) groups excluding carboxylic acids is 1. The molecule has 0 aliphatic carbocycles. The number of nitrogens with one attached hydrogen (secondary N) is 1. The number of aryl methyl sites for hydroxylation is 2. The van der Waals surface area contributed by atoms with Crippen molar-refractivity contribution in [1.29, 1.82) is 0 Å². The summed E-state index contributed by atoms with van der Waals surface area (Å²) < 4.78 is 16.7. The maximum Gasteiger partial charge on any atom is 0.322 e. The molecule has 0 radical (unpaired) electrons. The van der Waals surface area contributed by atoms with Crippen LogP contribution >= 0.6 is 0 Å². The largest absolute Gasteiger partial charge is 0.485 e. The van der Waals surface area contributed by atoms with Gasteiger partial charge < -0.3 is 13.9 Å². The molecular weight excluding hydrogens is 334 g/mol. The first kappa shape index (κ1) is 16.1. The maximum absolute atomic E-state index is 12.4. The van der Waals surface area contributed by atoms with Crippen molar-refractivity contribution in [2.24, 2.45) is 0 Å². The molecule has 4 rings (SSSR count). The van der Waals surface area contributed by atoms with Crippen LogP contribution in [0, 0.1) is 13.8 Å². The summed E-state index contributed by atoms with van der Waals surface area (Å²) in [5.74, 6) is 1.08.